The Morgan fingerprint density at radius 2 is 1.75 bits per heavy atom. The summed E-state index contributed by atoms with van der Waals surface area (Å²) in [6.45, 7) is 9.90. The lowest BCUT2D eigenvalue weighted by Crippen LogP contribution is -2.30. The second-order valence-corrected chi connectivity index (χ2v) is 6.05. The smallest absolute Gasteiger partial charge is 0.119 e. The Bertz CT molecular complexity index is 358. The molecule has 88 valence electrons. The predicted molar refractivity (Wildman–Crippen MR) is 67.8 cm³/mol. The van der Waals surface area contributed by atoms with Gasteiger partial charge in [-0.2, -0.15) is 0 Å². The van der Waals surface area contributed by atoms with Crippen LogP contribution < -0.4 is 4.74 Å². The maximum absolute atomic E-state index is 5.89. The molecule has 1 fully saturated rings. The highest BCUT2D eigenvalue weighted by Gasteiger charge is 2.50. The molecule has 0 saturated heterocycles. The molecule has 0 amide bonds. The molecule has 1 saturated carbocycles. The lowest BCUT2D eigenvalue weighted by atomic mass is 9.78. The van der Waals surface area contributed by atoms with Crippen molar-refractivity contribution in [3.05, 3.63) is 29.8 Å². The van der Waals surface area contributed by atoms with Crippen molar-refractivity contribution in [2.75, 3.05) is 6.61 Å². The fourth-order valence-electron chi connectivity index (χ4n) is 1.94. The summed E-state index contributed by atoms with van der Waals surface area (Å²) in [5.41, 5.74) is 2.05. The van der Waals surface area contributed by atoms with Crippen molar-refractivity contribution in [2.24, 2.45) is 10.8 Å². The van der Waals surface area contributed by atoms with Gasteiger partial charge in [0.15, 0.2) is 0 Å². The third-order valence-corrected chi connectivity index (χ3v) is 4.25. The van der Waals surface area contributed by atoms with E-state index >= 15 is 0 Å². The Balaban J connectivity index is 1.94. The molecule has 1 aliphatic rings. The molecule has 0 unspecified atom stereocenters. The molecule has 0 N–H and O–H groups in total. The minimum absolute atomic E-state index is 0.276. The minimum Gasteiger partial charge on any atom is -0.493 e. The Morgan fingerprint density at radius 1 is 1.19 bits per heavy atom. The van der Waals surface area contributed by atoms with Gasteiger partial charge in [0.2, 0.25) is 0 Å². The van der Waals surface area contributed by atoms with Gasteiger partial charge in [-0.1, -0.05) is 38.5 Å². The van der Waals surface area contributed by atoms with Gasteiger partial charge in [0.25, 0.3) is 0 Å². The highest BCUT2D eigenvalue weighted by molar-refractivity contribution is 5.26. The van der Waals surface area contributed by atoms with E-state index in [4.69, 9.17) is 4.74 Å². The molecule has 0 heterocycles. The van der Waals surface area contributed by atoms with Crippen LogP contribution in [-0.2, 0) is 0 Å². The largest absolute Gasteiger partial charge is 0.493 e. The first-order valence-electron chi connectivity index (χ1n) is 6.12. The molecule has 0 radical (unpaired) electrons. The first-order valence-corrected chi connectivity index (χ1v) is 6.12. The summed E-state index contributed by atoms with van der Waals surface area (Å²) in [6.07, 6.45) is 2.69. The zero-order valence-electron chi connectivity index (χ0n) is 10.8. The zero-order chi connectivity index (χ0) is 11.8. The quantitative estimate of drug-likeness (QED) is 0.736. The first-order chi connectivity index (χ1) is 7.43. The SMILES string of the molecule is Cc1ccc(OCC(C)(C)C2(C)CC2)cc1. The molecular formula is C15H22O. The van der Waals surface area contributed by atoms with Crippen molar-refractivity contribution in [2.45, 2.75) is 40.5 Å². The van der Waals surface area contributed by atoms with Crippen LogP contribution in [0, 0.1) is 17.8 Å². The van der Waals surface area contributed by atoms with Crippen LogP contribution in [0.25, 0.3) is 0 Å². The Hall–Kier alpha value is -0.980. The summed E-state index contributed by atoms with van der Waals surface area (Å²) < 4.78 is 5.89. The van der Waals surface area contributed by atoms with Crippen LogP contribution in [0.3, 0.4) is 0 Å². The van der Waals surface area contributed by atoms with Crippen LogP contribution >= 0.6 is 0 Å². The lowest BCUT2D eigenvalue weighted by Gasteiger charge is -2.31. The van der Waals surface area contributed by atoms with Crippen LogP contribution in [0.15, 0.2) is 24.3 Å². The highest BCUT2D eigenvalue weighted by atomic mass is 16.5. The fourth-order valence-corrected chi connectivity index (χ4v) is 1.94. The molecule has 1 aromatic carbocycles. The molecule has 0 spiro atoms. The molecule has 0 aromatic heterocycles. The normalized spacial score (nSPS) is 18.2. The Labute approximate surface area is 98.8 Å². The van der Waals surface area contributed by atoms with Crippen LogP contribution in [0.2, 0.25) is 0 Å². The van der Waals surface area contributed by atoms with E-state index in [9.17, 15) is 0 Å². The van der Waals surface area contributed by atoms with Crippen LogP contribution in [0.5, 0.6) is 5.75 Å². The molecule has 1 nitrogen and oxygen atoms in total. The van der Waals surface area contributed by atoms with Gasteiger partial charge in [0.1, 0.15) is 5.75 Å². The summed E-state index contributed by atoms with van der Waals surface area (Å²) in [5, 5.41) is 0. The van der Waals surface area contributed by atoms with Gasteiger partial charge in [0.05, 0.1) is 6.61 Å². The monoisotopic (exact) mass is 218 g/mol. The van der Waals surface area contributed by atoms with E-state index in [1.807, 2.05) is 0 Å². The van der Waals surface area contributed by atoms with Crippen molar-refractivity contribution in [1.82, 2.24) is 0 Å². The van der Waals surface area contributed by atoms with Gasteiger partial charge in [-0.05, 0) is 37.3 Å². The average molecular weight is 218 g/mol. The van der Waals surface area contributed by atoms with Gasteiger partial charge in [-0.3, -0.25) is 0 Å². The van der Waals surface area contributed by atoms with Crippen molar-refractivity contribution in [3.8, 4) is 5.75 Å². The Morgan fingerprint density at radius 3 is 2.25 bits per heavy atom. The van der Waals surface area contributed by atoms with Gasteiger partial charge >= 0.3 is 0 Å². The van der Waals surface area contributed by atoms with Crippen LogP contribution in [0.4, 0.5) is 0 Å². The summed E-state index contributed by atoms with van der Waals surface area (Å²) in [5.74, 6) is 0.989. The van der Waals surface area contributed by atoms with Crippen molar-refractivity contribution >= 4 is 0 Å². The third kappa shape index (κ3) is 2.23. The number of benzene rings is 1. The number of rotatable bonds is 4. The second-order valence-electron chi connectivity index (χ2n) is 6.05. The van der Waals surface area contributed by atoms with E-state index in [0.717, 1.165) is 12.4 Å². The maximum Gasteiger partial charge on any atom is 0.119 e. The van der Waals surface area contributed by atoms with Crippen LogP contribution in [0.1, 0.15) is 39.2 Å². The summed E-state index contributed by atoms with van der Waals surface area (Å²) >= 11 is 0. The molecule has 0 aliphatic heterocycles. The molecular weight excluding hydrogens is 196 g/mol. The minimum atomic E-state index is 0.276. The molecule has 1 aromatic rings. The van der Waals surface area contributed by atoms with E-state index in [1.54, 1.807) is 0 Å². The lowest BCUT2D eigenvalue weighted by molar-refractivity contribution is 0.106. The number of ether oxygens (including phenoxy) is 1. The number of aryl methyl sites for hydroxylation is 1. The fraction of sp³-hybridized carbons (Fsp3) is 0.600. The zero-order valence-corrected chi connectivity index (χ0v) is 10.8. The Kier molecular flexibility index (Phi) is 2.73. The van der Waals surface area contributed by atoms with Crippen LogP contribution in [-0.4, -0.2) is 6.61 Å². The van der Waals surface area contributed by atoms with Crippen molar-refractivity contribution < 1.29 is 4.74 Å². The summed E-state index contributed by atoms with van der Waals surface area (Å²) in [6, 6.07) is 8.31. The molecule has 0 bridgehead atoms. The average Bonchev–Trinajstić information content (AvgIpc) is 2.98. The second kappa shape index (κ2) is 3.80. The van der Waals surface area contributed by atoms with Gasteiger partial charge in [0, 0.05) is 5.41 Å². The highest BCUT2D eigenvalue weighted by Crippen LogP contribution is 2.58. The van der Waals surface area contributed by atoms with Gasteiger partial charge < -0.3 is 4.74 Å². The van der Waals surface area contributed by atoms with Gasteiger partial charge in [-0.25, -0.2) is 0 Å². The standard InChI is InChI=1S/C15H22O/c1-12-5-7-13(8-6-12)16-11-14(2,3)15(4)9-10-15/h5-8H,9-11H2,1-4H3. The summed E-state index contributed by atoms with van der Waals surface area (Å²) in [4.78, 5) is 0. The first kappa shape index (κ1) is 11.5. The van der Waals surface area contributed by atoms with E-state index in [-0.39, 0.29) is 5.41 Å². The van der Waals surface area contributed by atoms with E-state index < -0.39 is 0 Å². The van der Waals surface area contributed by atoms with E-state index in [1.165, 1.54) is 18.4 Å². The molecule has 16 heavy (non-hydrogen) atoms. The summed E-state index contributed by atoms with van der Waals surface area (Å²) in [7, 11) is 0. The molecule has 2 rings (SSSR count). The molecule has 0 atom stereocenters. The molecule has 1 heteroatoms. The maximum atomic E-state index is 5.89. The predicted octanol–water partition coefficient (Wildman–Crippen LogP) is 4.20. The van der Waals surface area contributed by atoms with Crippen molar-refractivity contribution in [3.63, 3.8) is 0 Å². The van der Waals surface area contributed by atoms with E-state index in [0.29, 0.717) is 5.41 Å². The molecule has 1 aliphatic carbocycles. The topological polar surface area (TPSA) is 9.23 Å². The van der Waals surface area contributed by atoms with Crippen molar-refractivity contribution in [1.29, 1.82) is 0 Å². The third-order valence-electron chi connectivity index (χ3n) is 4.25. The number of hydrogen-bond acceptors (Lipinski definition) is 1. The number of hydrogen-bond donors (Lipinski definition) is 0. The van der Waals surface area contributed by atoms with E-state index in [2.05, 4.69) is 52.0 Å². The van der Waals surface area contributed by atoms with Gasteiger partial charge in [-0.15, -0.1) is 0 Å².